The van der Waals surface area contributed by atoms with Crippen LogP contribution in [0.3, 0.4) is 0 Å². The lowest BCUT2D eigenvalue weighted by molar-refractivity contribution is -0.289. The predicted octanol–water partition coefficient (Wildman–Crippen LogP) is 27.2. The average molecular weight is 1990 g/mol. The number of hydrogen-bond acceptors (Lipinski definition) is 23. The lowest BCUT2D eigenvalue weighted by Crippen LogP contribution is -2.69. The van der Waals surface area contributed by atoms with Gasteiger partial charge in [-0.1, -0.05) is 160 Å². The molecule has 5 saturated heterocycles. The van der Waals surface area contributed by atoms with Crippen LogP contribution in [-0.2, 0) is 24.2 Å². The molecule has 0 spiro atoms. The van der Waals surface area contributed by atoms with Crippen molar-refractivity contribution in [3.05, 3.63) is 29.6 Å². The maximum Gasteiger partial charge on any atom is 0.256 e. The van der Waals surface area contributed by atoms with Gasteiger partial charge in [-0.15, -0.1) is 19.3 Å². The Morgan fingerprint density at radius 1 is 0.326 bits per heavy atom. The van der Waals surface area contributed by atoms with E-state index in [1.807, 2.05) is 4.90 Å². The molecule has 144 heavy (non-hydrogen) atoms. The van der Waals surface area contributed by atoms with Gasteiger partial charge >= 0.3 is 0 Å². The lowest BCUT2D eigenvalue weighted by Gasteiger charge is -2.59. The van der Waals surface area contributed by atoms with Crippen LogP contribution >= 0.6 is 0 Å². The summed E-state index contributed by atoms with van der Waals surface area (Å²) in [5.74, 6) is 19.7. The largest absolute Gasteiger partial charge is 0.371 e. The van der Waals surface area contributed by atoms with E-state index in [1.165, 1.54) is 80.5 Å². The van der Waals surface area contributed by atoms with E-state index in [9.17, 15) is 0 Å². The Morgan fingerprint density at radius 3 is 1.06 bits per heavy atom. The van der Waals surface area contributed by atoms with Crippen molar-refractivity contribution in [2.24, 2.45) is 5.92 Å². The summed E-state index contributed by atoms with van der Waals surface area (Å²) in [5.41, 5.74) is 0.282. The summed E-state index contributed by atoms with van der Waals surface area (Å²) in [5, 5.41) is 11.6. The van der Waals surface area contributed by atoms with Gasteiger partial charge in [-0.25, -0.2) is 0 Å². The van der Waals surface area contributed by atoms with Gasteiger partial charge in [0, 0.05) is 165 Å². The molecular weight excluding hydrogens is 1790 g/mol. The molecule has 0 bridgehead atoms. The number of hydrogen-bond donors (Lipinski definition) is 0. The Bertz CT molecular complexity index is 4560. The minimum atomic E-state index is -0.645. The molecule has 23 nitrogen and oxygen atoms in total. The Morgan fingerprint density at radius 2 is 0.653 bits per heavy atom. The van der Waals surface area contributed by atoms with Gasteiger partial charge in [-0.05, 0) is 353 Å². The van der Waals surface area contributed by atoms with Crippen LogP contribution in [0.2, 0.25) is 0 Å². The number of terminal acetylenes is 3. The van der Waals surface area contributed by atoms with Gasteiger partial charge in [-0.3, -0.25) is 29.1 Å². The summed E-state index contributed by atoms with van der Waals surface area (Å²) in [7, 11) is 0. The number of unbranched alkanes of at least 4 members (excludes halogenated alkanes) is 10. The third-order valence-corrected chi connectivity index (χ3v) is 31.0. The number of anilines is 7. The second-order valence-electron chi connectivity index (χ2n) is 49.4. The summed E-state index contributed by atoms with van der Waals surface area (Å²) < 4.78 is 0. The molecule has 5 aliphatic rings. The standard InChI is InChI=1S/C121H204N18O5/c1-37-51-66-96(67-52-38-2)97-81-99(128(69-54-40-4)70-55-41-5)83-100(82-97)131(101-86-114(21,22)136(141-77-47-11)115(23,24)87-101)75-64-62-60-61-63-65-94(15)132(102-88-116(25,26)137(142-78-48-12)117(27,28)89-102)109-122-106(105(68-53-39-3)98-84-112(17,18)135(140-76-46-10)113(19,20)85-98)123-110(127-109)133(103-90-118(29,30)138(143-79-49-13)119(31,32)91-103)95(16)134(104-92-120(33,34)139(144-80-50-14)121(35,36)93-104)111-125-107(129(71-56-42-6)72-57-43-7)124-108(126-111)130(73-58-44-8)74-59-45-9/h6-8,81-83,94-96,98,101-105H,37-41,45-55,59-70,74-80,84-93H2,1-5,9-36H3. The molecule has 7 heterocycles. The monoisotopic (exact) mass is 1990 g/mol. The van der Waals surface area contributed by atoms with Crippen molar-refractivity contribution >= 4 is 41.1 Å². The number of benzene rings is 1. The van der Waals surface area contributed by atoms with Crippen molar-refractivity contribution in [3.63, 3.8) is 0 Å². The normalized spacial score (nSPS) is 20.2. The first kappa shape index (κ1) is 122. The van der Waals surface area contributed by atoms with Crippen LogP contribution in [0.1, 0.15) is 483 Å². The topological polar surface area (TPSA) is 162 Å². The molecule has 0 radical (unpaired) electrons. The van der Waals surface area contributed by atoms with Gasteiger partial charge in [-0.2, -0.15) is 60.1 Å². The summed E-state index contributed by atoms with van der Waals surface area (Å²) in [6, 6.07) is 17.1. The van der Waals surface area contributed by atoms with Gasteiger partial charge in [0.2, 0.25) is 23.8 Å². The predicted molar refractivity (Wildman–Crippen MR) is 604 cm³/mol. The number of rotatable bonds is 58. The first-order valence-corrected chi connectivity index (χ1v) is 57.3. The van der Waals surface area contributed by atoms with E-state index in [0.717, 1.165) is 173 Å². The van der Waals surface area contributed by atoms with Crippen molar-refractivity contribution in [3.8, 4) is 72.9 Å². The van der Waals surface area contributed by atoms with Crippen molar-refractivity contribution in [1.29, 1.82) is 0 Å². The van der Waals surface area contributed by atoms with Crippen LogP contribution in [0.15, 0.2) is 18.2 Å². The Hall–Kier alpha value is -7.20. The summed E-state index contributed by atoms with van der Waals surface area (Å²) >= 11 is 0. The summed E-state index contributed by atoms with van der Waals surface area (Å²) in [6.45, 7) is 84.1. The molecule has 1 aromatic carbocycles. The Balaban J connectivity index is 1.43. The highest BCUT2D eigenvalue weighted by Crippen LogP contribution is 2.53. The van der Waals surface area contributed by atoms with Crippen LogP contribution in [-0.4, -0.2) is 206 Å². The van der Waals surface area contributed by atoms with E-state index in [-0.39, 0.29) is 70.1 Å². The molecular formula is C121H204N18O5. The van der Waals surface area contributed by atoms with Crippen LogP contribution in [0, 0.1) is 78.8 Å². The molecule has 23 heteroatoms. The zero-order valence-electron chi connectivity index (χ0n) is 97.6. The third-order valence-electron chi connectivity index (χ3n) is 31.0. The molecule has 3 aromatic rings. The summed E-state index contributed by atoms with van der Waals surface area (Å²) in [6.07, 6.45) is 52.9. The van der Waals surface area contributed by atoms with Crippen molar-refractivity contribution < 1.29 is 24.2 Å². The molecule has 3 unspecified atom stereocenters. The molecule has 0 aliphatic carbocycles. The third kappa shape index (κ3) is 32.4. The number of hydroxylamine groups is 10. The van der Waals surface area contributed by atoms with E-state index in [1.54, 1.807) is 5.56 Å². The maximum atomic E-state index is 7.05. The van der Waals surface area contributed by atoms with Gasteiger partial charge in [0.05, 0.1) is 33.0 Å². The van der Waals surface area contributed by atoms with Crippen LogP contribution in [0.4, 0.5) is 41.1 Å². The summed E-state index contributed by atoms with van der Waals surface area (Å²) in [4.78, 5) is 87.3. The highest BCUT2D eigenvalue weighted by molar-refractivity contribution is 5.64. The second kappa shape index (κ2) is 55.5. The van der Waals surface area contributed by atoms with Crippen molar-refractivity contribution in [1.82, 2.24) is 55.2 Å². The fraction of sp³-hybridized carbons (Fsp3) is 0.802. The SMILES string of the molecule is C#CC#CN(C#CC#C)c1nc(N(C#CC#C)CCCC)nc(N(C2CC(C)(C)N(OCCC)C(C)(C)C2)C(C)N(c2nc(C(CCCC)C3CC(C)(C)N(OCCC)C(C)(C)C3)nc(N(C(C)CCCCCCCN(c3cc(C(CCCC)CCCC)cc(N(CCCC)CCCC)c3)C3CC(C)(C)N(OCCC)C(C)(C)C3)C3CC(C)(C)N(OCCC)C(C)(C)C3)n2)C2CC(C)(C)N(OCCC)C(C)(C)C2)n1. The highest BCUT2D eigenvalue weighted by Gasteiger charge is 2.57. The first-order valence-electron chi connectivity index (χ1n) is 57.3. The van der Waals surface area contributed by atoms with Crippen molar-refractivity contribution in [2.75, 3.05) is 93.5 Å². The number of nitrogens with zero attached hydrogens (tertiary/aromatic N) is 18. The Kier molecular flexibility index (Phi) is 47.0. The first-order chi connectivity index (χ1) is 68.1. The second-order valence-corrected chi connectivity index (χ2v) is 49.4. The van der Waals surface area contributed by atoms with Gasteiger partial charge < -0.3 is 24.5 Å². The maximum absolute atomic E-state index is 7.05. The smallest absolute Gasteiger partial charge is 0.256 e. The van der Waals surface area contributed by atoms with E-state index >= 15 is 0 Å². The molecule has 5 fully saturated rings. The van der Waals surface area contributed by atoms with E-state index in [0.29, 0.717) is 88.5 Å². The highest BCUT2D eigenvalue weighted by atomic mass is 16.7. The Labute approximate surface area is 880 Å². The van der Waals surface area contributed by atoms with Crippen LogP contribution in [0.25, 0.3) is 0 Å². The average Bonchev–Trinajstić information content (AvgIpc) is 0.736. The molecule has 0 saturated carbocycles. The van der Waals surface area contributed by atoms with Gasteiger partial charge in [0.25, 0.3) is 5.95 Å². The molecule has 5 aliphatic heterocycles. The minimum absolute atomic E-state index is 0.0283. The van der Waals surface area contributed by atoms with E-state index in [4.69, 9.17) is 73.4 Å². The molecule has 3 atom stereocenters. The van der Waals surface area contributed by atoms with Crippen LogP contribution in [0.5, 0.6) is 0 Å². The van der Waals surface area contributed by atoms with E-state index < -0.39 is 39.4 Å². The molecule has 808 valence electrons. The van der Waals surface area contributed by atoms with E-state index in [2.05, 4.69) is 350 Å². The van der Waals surface area contributed by atoms with Crippen molar-refractivity contribution in [2.45, 2.75) is 563 Å². The molecule has 2 aromatic heterocycles. The zero-order chi connectivity index (χ0) is 106. The zero-order valence-corrected chi connectivity index (χ0v) is 97.6. The molecule has 0 N–H and O–H groups in total. The molecule has 8 rings (SSSR count). The lowest BCUT2D eigenvalue weighted by atomic mass is 9.69. The van der Waals surface area contributed by atoms with Gasteiger partial charge in [0.15, 0.2) is 0 Å². The van der Waals surface area contributed by atoms with Gasteiger partial charge in [0.1, 0.15) is 12.0 Å². The quantitative estimate of drug-likeness (QED) is 0.0227. The molecule has 0 amide bonds. The number of piperidine rings is 5. The van der Waals surface area contributed by atoms with Crippen LogP contribution < -0.4 is 34.3 Å². The minimum Gasteiger partial charge on any atom is -0.371 e. The number of aromatic nitrogens is 6. The fourth-order valence-corrected chi connectivity index (χ4v) is 26.0. The fourth-order valence-electron chi connectivity index (χ4n) is 26.0.